The molecule has 0 atom stereocenters. The van der Waals surface area contributed by atoms with Crippen LogP contribution < -0.4 is 10.6 Å². The molecule has 2 rings (SSSR count). The molecule has 0 radical (unpaired) electrons. The highest BCUT2D eigenvalue weighted by Crippen LogP contribution is 2.25. The van der Waals surface area contributed by atoms with Crippen LogP contribution in [0.15, 0.2) is 36.4 Å². The summed E-state index contributed by atoms with van der Waals surface area (Å²) in [6, 6.07) is 10.6. The van der Waals surface area contributed by atoms with Crippen molar-refractivity contribution in [1.82, 2.24) is 0 Å². The van der Waals surface area contributed by atoms with E-state index in [9.17, 15) is 14.9 Å². The molecular formula is C16H16IN3O3. The average Bonchev–Trinajstić information content (AvgIpc) is 2.48. The summed E-state index contributed by atoms with van der Waals surface area (Å²) in [7, 11) is 0. The van der Waals surface area contributed by atoms with E-state index in [2.05, 4.69) is 33.2 Å². The van der Waals surface area contributed by atoms with E-state index in [1.165, 1.54) is 6.07 Å². The first-order valence-electron chi connectivity index (χ1n) is 6.92. The summed E-state index contributed by atoms with van der Waals surface area (Å²) < 4.78 is 1.12. The lowest BCUT2D eigenvalue weighted by Gasteiger charge is -2.11. The molecule has 0 saturated carbocycles. The summed E-state index contributed by atoms with van der Waals surface area (Å²) in [4.78, 5) is 22.6. The fourth-order valence-corrected chi connectivity index (χ4v) is 2.74. The van der Waals surface area contributed by atoms with E-state index in [-0.39, 0.29) is 23.8 Å². The zero-order valence-corrected chi connectivity index (χ0v) is 14.9. The van der Waals surface area contributed by atoms with Gasteiger partial charge in [-0.3, -0.25) is 14.9 Å². The first-order valence-corrected chi connectivity index (χ1v) is 7.99. The third-order valence-corrected chi connectivity index (χ3v) is 3.92. The number of hydrogen-bond donors (Lipinski definition) is 2. The van der Waals surface area contributed by atoms with Crippen LogP contribution >= 0.6 is 22.6 Å². The monoisotopic (exact) mass is 425 g/mol. The molecule has 0 aromatic heterocycles. The van der Waals surface area contributed by atoms with Crippen molar-refractivity contribution in [1.29, 1.82) is 0 Å². The highest BCUT2D eigenvalue weighted by Gasteiger charge is 2.15. The fraction of sp³-hybridized carbons (Fsp3) is 0.188. The van der Waals surface area contributed by atoms with Crippen LogP contribution in [0.4, 0.5) is 17.1 Å². The third-order valence-electron chi connectivity index (χ3n) is 3.25. The van der Waals surface area contributed by atoms with Gasteiger partial charge in [-0.15, -0.1) is 0 Å². The van der Waals surface area contributed by atoms with Crippen molar-refractivity contribution in [3.8, 4) is 0 Å². The SMILES string of the molecule is Cc1ccc(NC(=O)CNc2ccc(I)cc2C)c([N+](=O)[O-])c1. The quantitative estimate of drug-likeness (QED) is 0.433. The smallest absolute Gasteiger partial charge is 0.293 e. The normalized spacial score (nSPS) is 10.2. The van der Waals surface area contributed by atoms with Gasteiger partial charge in [0.05, 0.1) is 11.5 Å². The molecule has 0 unspecified atom stereocenters. The molecule has 0 aliphatic carbocycles. The predicted molar refractivity (Wildman–Crippen MR) is 98.8 cm³/mol. The van der Waals surface area contributed by atoms with Gasteiger partial charge in [0.15, 0.2) is 0 Å². The third kappa shape index (κ3) is 4.65. The zero-order chi connectivity index (χ0) is 17.0. The topological polar surface area (TPSA) is 84.3 Å². The Bertz CT molecular complexity index is 762. The molecule has 7 heteroatoms. The van der Waals surface area contributed by atoms with Crippen molar-refractivity contribution >= 4 is 45.6 Å². The molecule has 6 nitrogen and oxygen atoms in total. The molecule has 0 heterocycles. The van der Waals surface area contributed by atoms with Crippen molar-refractivity contribution in [3.63, 3.8) is 0 Å². The van der Waals surface area contributed by atoms with Crippen LogP contribution in [0.2, 0.25) is 0 Å². The van der Waals surface area contributed by atoms with Gasteiger partial charge in [0.2, 0.25) is 5.91 Å². The minimum absolute atomic E-state index is 0.0342. The van der Waals surface area contributed by atoms with Crippen LogP contribution in [0.5, 0.6) is 0 Å². The minimum atomic E-state index is -0.501. The van der Waals surface area contributed by atoms with Gasteiger partial charge >= 0.3 is 0 Å². The van der Waals surface area contributed by atoms with Gasteiger partial charge in [-0.05, 0) is 71.8 Å². The number of nitrogens with zero attached hydrogens (tertiary/aromatic N) is 1. The Labute approximate surface area is 147 Å². The largest absolute Gasteiger partial charge is 0.376 e. The molecule has 0 fully saturated rings. The summed E-state index contributed by atoms with van der Waals surface area (Å²) in [5.41, 5.74) is 2.75. The number of nitro benzene ring substituents is 1. The standard InChI is InChI=1S/C16H16IN3O3/c1-10-3-5-14(15(7-10)20(22)23)19-16(21)9-18-13-6-4-12(17)8-11(13)2/h3-8,18H,9H2,1-2H3,(H,19,21). The number of hydrogen-bond acceptors (Lipinski definition) is 4. The summed E-state index contributed by atoms with van der Waals surface area (Å²) in [5, 5.41) is 16.7. The maximum absolute atomic E-state index is 12.0. The number of aryl methyl sites for hydroxylation is 2. The molecule has 0 aliphatic rings. The van der Waals surface area contributed by atoms with Gasteiger partial charge in [0, 0.05) is 15.3 Å². The highest BCUT2D eigenvalue weighted by molar-refractivity contribution is 14.1. The van der Waals surface area contributed by atoms with Crippen LogP contribution in [-0.2, 0) is 4.79 Å². The van der Waals surface area contributed by atoms with Crippen LogP contribution in [0.25, 0.3) is 0 Å². The van der Waals surface area contributed by atoms with Crippen LogP contribution in [-0.4, -0.2) is 17.4 Å². The molecule has 0 aliphatic heterocycles. The van der Waals surface area contributed by atoms with Crippen LogP contribution in [0.1, 0.15) is 11.1 Å². The first kappa shape index (κ1) is 17.2. The first-order chi connectivity index (χ1) is 10.9. The Morgan fingerprint density at radius 3 is 2.52 bits per heavy atom. The molecule has 2 aromatic rings. The maximum atomic E-state index is 12.0. The fourth-order valence-electron chi connectivity index (χ4n) is 2.09. The number of nitro groups is 1. The van der Waals surface area contributed by atoms with Crippen molar-refractivity contribution < 1.29 is 9.72 Å². The summed E-state index contributed by atoms with van der Waals surface area (Å²) >= 11 is 2.22. The Morgan fingerprint density at radius 1 is 1.17 bits per heavy atom. The Balaban J connectivity index is 2.04. The molecule has 2 aromatic carbocycles. The van der Waals surface area contributed by atoms with E-state index in [0.717, 1.165) is 20.4 Å². The summed E-state index contributed by atoms with van der Waals surface area (Å²) in [6.45, 7) is 3.75. The van der Waals surface area contributed by atoms with E-state index in [1.807, 2.05) is 25.1 Å². The molecular weight excluding hydrogens is 409 g/mol. The number of rotatable bonds is 5. The molecule has 0 spiro atoms. The average molecular weight is 425 g/mol. The molecule has 120 valence electrons. The number of halogens is 1. The van der Waals surface area contributed by atoms with Gasteiger partial charge in [0.25, 0.3) is 5.69 Å². The summed E-state index contributed by atoms with van der Waals surface area (Å²) in [5.74, 6) is -0.338. The van der Waals surface area contributed by atoms with Gasteiger partial charge in [-0.1, -0.05) is 6.07 Å². The second-order valence-corrected chi connectivity index (χ2v) is 6.38. The van der Waals surface area contributed by atoms with E-state index in [4.69, 9.17) is 0 Å². The van der Waals surface area contributed by atoms with Gasteiger partial charge in [-0.25, -0.2) is 0 Å². The van der Waals surface area contributed by atoms with Crippen molar-refractivity contribution in [2.24, 2.45) is 0 Å². The lowest BCUT2D eigenvalue weighted by atomic mass is 10.2. The second-order valence-electron chi connectivity index (χ2n) is 5.14. The number of anilines is 2. The van der Waals surface area contributed by atoms with Gasteiger partial charge < -0.3 is 10.6 Å². The van der Waals surface area contributed by atoms with Gasteiger partial charge in [0.1, 0.15) is 5.69 Å². The number of carbonyl (C=O) groups is 1. The molecule has 23 heavy (non-hydrogen) atoms. The number of carbonyl (C=O) groups excluding carboxylic acids is 1. The Kier molecular flexibility index (Phi) is 5.54. The van der Waals surface area contributed by atoms with Crippen molar-refractivity contribution in [2.75, 3.05) is 17.2 Å². The number of nitrogens with one attached hydrogen (secondary N) is 2. The minimum Gasteiger partial charge on any atom is -0.376 e. The molecule has 0 saturated heterocycles. The lowest BCUT2D eigenvalue weighted by Crippen LogP contribution is -2.22. The molecule has 1 amide bonds. The highest BCUT2D eigenvalue weighted by atomic mass is 127. The van der Waals surface area contributed by atoms with Gasteiger partial charge in [-0.2, -0.15) is 0 Å². The zero-order valence-electron chi connectivity index (χ0n) is 12.7. The van der Waals surface area contributed by atoms with E-state index in [0.29, 0.717) is 0 Å². The summed E-state index contributed by atoms with van der Waals surface area (Å²) in [6.07, 6.45) is 0. The van der Waals surface area contributed by atoms with E-state index in [1.54, 1.807) is 19.1 Å². The van der Waals surface area contributed by atoms with Crippen LogP contribution in [0.3, 0.4) is 0 Å². The Morgan fingerprint density at radius 2 is 1.87 bits per heavy atom. The van der Waals surface area contributed by atoms with E-state index >= 15 is 0 Å². The lowest BCUT2D eigenvalue weighted by molar-refractivity contribution is -0.384. The van der Waals surface area contributed by atoms with Crippen molar-refractivity contribution in [3.05, 3.63) is 61.2 Å². The van der Waals surface area contributed by atoms with Crippen molar-refractivity contribution in [2.45, 2.75) is 13.8 Å². The molecule has 2 N–H and O–H groups in total. The number of amides is 1. The predicted octanol–water partition coefficient (Wildman–Crippen LogP) is 3.87. The van der Waals surface area contributed by atoms with E-state index < -0.39 is 4.92 Å². The van der Waals surface area contributed by atoms with Crippen LogP contribution in [0, 0.1) is 27.5 Å². The Hall–Kier alpha value is -2.16. The maximum Gasteiger partial charge on any atom is 0.293 e. The second kappa shape index (κ2) is 7.40. The number of benzene rings is 2. The molecule has 0 bridgehead atoms.